The zero-order valence-corrected chi connectivity index (χ0v) is 19.0. The smallest absolute Gasteiger partial charge is 0.303 e. The molecule has 0 radical (unpaired) electrons. The first-order valence-corrected chi connectivity index (χ1v) is 11.3. The second-order valence-electron chi connectivity index (χ2n) is 7.42. The van der Waals surface area contributed by atoms with Gasteiger partial charge >= 0.3 is 17.9 Å². The van der Waals surface area contributed by atoms with E-state index in [1.807, 2.05) is 6.07 Å². The van der Waals surface area contributed by atoms with Crippen LogP contribution in [-0.2, 0) is 59.4 Å². The van der Waals surface area contributed by atoms with Crippen molar-refractivity contribution in [2.75, 3.05) is 19.5 Å². The number of hydrogen-bond donors (Lipinski definition) is 0. The number of rotatable bonds is 6. The first-order chi connectivity index (χ1) is 15.2. The van der Waals surface area contributed by atoms with Crippen LogP contribution in [0.4, 0.5) is 0 Å². The molecular formula is C21H26O10S. The van der Waals surface area contributed by atoms with Crippen LogP contribution >= 0.6 is 0 Å². The molecule has 1 aromatic carbocycles. The molecule has 0 saturated carbocycles. The summed E-state index contributed by atoms with van der Waals surface area (Å²) in [6, 6.07) is 8.91. The van der Waals surface area contributed by atoms with E-state index in [1.54, 1.807) is 24.3 Å². The van der Waals surface area contributed by atoms with Gasteiger partial charge in [-0.2, -0.15) is 0 Å². The summed E-state index contributed by atoms with van der Waals surface area (Å²) in [6.07, 6.45) is -4.46. The van der Waals surface area contributed by atoms with Crippen LogP contribution in [0.25, 0.3) is 0 Å². The molecule has 2 heterocycles. The van der Waals surface area contributed by atoms with Crippen LogP contribution in [0.5, 0.6) is 0 Å². The highest BCUT2D eigenvalue weighted by molar-refractivity contribution is 7.85. The van der Waals surface area contributed by atoms with Crippen molar-refractivity contribution in [3.05, 3.63) is 35.9 Å². The van der Waals surface area contributed by atoms with E-state index >= 15 is 0 Å². The molecular weight excluding hydrogens is 444 g/mol. The van der Waals surface area contributed by atoms with Gasteiger partial charge in [-0.3, -0.25) is 18.6 Å². The Morgan fingerprint density at radius 2 is 1.66 bits per heavy atom. The Labute approximate surface area is 187 Å². The lowest BCUT2D eigenvalue weighted by Gasteiger charge is -2.50. The summed E-state index contributed by atoms with van der Waals surface area (Å²) in [5.74, 6) is -3.37. The summed E-state index contributed by atoms with van der Waals surface area (Å²) in [5.41, 5.74) is -0.430. The van der Waals surface area contributed by atoms with E-state index in [0.717, 1.165) is 0 Å². The largest absolute Gasteiger partial charge is 0.463 e. The van der Waals surface area contributed by atoms with Crippen molar-refractivity contribution in [2.45, 2.75) is 56.4 Å². The van der Waals surface area contributed by atoms with E-state index in [4.69, 9.17) is 28.4 Å². The molecule has 2 aliphatic rings. The third-order valence-electron chi connectivity index (χ3n) is 5.11. The van der Waals surface area contributed by atoms with Crippen molar-refractivity contribution in [1.29, 1.82) is 0 Å². The van der Waals surface area contributed by atoms with Crippen molar-refractivity contribution in [2.24, 2.45) is 0 Å². The molecule has 10 nitrogen and oxygen atoms in total. The molecule has 176 valence electrons. The fourth-order valence-electron chi connectivity index (χ4n) is 3.80. The quantitative estimate of drug-likeness (QED) is 0.435. The van der Waals surface area contributed by atoms with Gasteiger partial charge in [0.2, 0.25) is 5.79 Å². The summed E-state index contributed by atoms with van der Waals surface area (Å²) < 4.78 is 47.1. The van der Waals surface area contributed by atoms with Gasteiger partial charge in [0, 0.05) is 33.4 Å². The van der Waals surface area contributed by atoms with Crippen LogP contribution in [0.3, 0.4) is 0 Å². The van der Waals surface area contributed by atoms with Gasteiger partial charge in [-0.25, -0.2) is 0 Å². The standard InChI is InChI=1S/C21H26O10S/c1-12(22)27-10-16-17(28-13(2)23)18(29-14(3)24)19-20(30-16)32(25)11-21(26-4,31-19)15-8-6-5-7-9-15/h5-9,16-20H,10-11H2,1-4H3/t16-,17-,18+,19-,20+,21-,32-/m1/s1. The minimum Gasteiger partial charge on any atom is -0.463 e. The van der Waals surface area contributed by atoms with E-state index in [1.165, 1.54) is 27.9 Å². The predicted molar refractivity (Wildman–Crippen MR) is 109 cm³/mol. The molecule has 0 amide bonds. The molecule has 1 aromatic rings. The Morgan fingerprint density at radius 1 is 1.03 bits per heavy atom. The Kier molecular flexibility index (Phi) is 7.65. The van der Waals surface area contributed by atoms with E-state index in [0.29, 0.717) is 5.56 Å². The molecule has 7 atom stereocenters. The molecule has 0 unspecified atom stereocenters. The molecule has 0 aromatic heterocycles. The first kappa shape index (κ1) is 24.3. The van der Waals surface area contributed by atoms with Gasteiger partial charge in [-0.05, 0) is 0 Å². The minimum absolute atomic E-state index is 0.0556. The van der Waals surface area contributed by atoms with Crippen LogP contribution in [0, 0.1) is 0 Å². The Balaban J connectivity index is 2.01. The van der Waals surface area contributed by atoms with E-state index in [-0.39, 0.29) is 12.4 Å². The number of ether oxygens (including phenoxy) is 6. The van der Waals surface area contributed by atoms with Gasteiger partial charge in [-0.1, -0.05) is 30.3 Å². The van der Waals surface area contributed by atoms with Crippen molar-refractivity contribution in [1.82, 2.24) is 0 Å². The van der Waals surface area contributed by atoms with Gasteiger partial charge in [0.25, 0.3) is 0 Å². The van der Waals surface area contributed by atoms with Crippen molar-refractivity contribution < 1.29 is 47.0 Å². The van der Waals surface area contributed by atoms with Crippen molar-refractivity contribution >= 4 is 28.7 Å². The number of carbonyl (C=O) groups excluding carboxylic acids is 3. The number of hydrogen-bond acceptors (Lipinski definition) is 10. The number of fused-ring (bicyclic) bond motifs is 1. The molecule has 2 saturated heterocycles. The van der Waals surface area contributed by atoms with Crippen LogP contribution < -0.4 is 0 Å². The highest BCUT2D eigenvalue weighted by atomic mass is 32.2. The summed E-state index contributed by atoms with van der Waals surface area (Å²) in [5, 5.41) is 0. The normalized spacial score (nSPS) is 34.1. The maximum absolute atomic E-state index is 13.3. The molecule has 0 N–H and O–H groups in total. The van der Waals surface area contributed by atoms with Gasteiger partial charge in [0.05, 0.1) is 16.6 Å². The summed E-state index contributed by atoms with van der Waals surface area (Å²) in [7, 11) is -0.250. The summed E-state index contributed by atoms with van der Waals surface area (Å²) >= 11 is 0. The zero-order chi connectivity index (χ0) is 23.5. The van der Waals surface area contributed by atoms with Gasteiger partial charge < -0.3 is 28.4 Å². The topological polar surface area (TPSA) is 124 Å². The predicted octanol–water partition coefficient (Wildman–Crippen LogP) is 0.785. The molecule has 2 aliphatic heterocycles. The lowest BCUT2D eigenvalue weighted by molar-refractivity contribution is -0.312. The third kappa shape index (κ3) is 5.17. The summed E-state index contributed by atoms with van der Waals surface area (Å²) in [4.78, 5) is 35.1. The van der Waals surface area contributed by atoms with Crippen LogP contribution in [-0.4, -0.2) is 71.4 Å². The average molecular weight is 470 g/mol. The molecule has 11 heteroatoms. The second kappa shape index (κ2) is 10.1. The van der Waals surface area contributed by atoms with E-state index in [9.17, 15) is 18.6 Å². The maximum Gasteiger partial charge on any atom is 0.303 e. The first-order valence-electron chi connectivity index (χ1n) is 9.96. The zero-order valence-electron chi connectivity index (χ0n) is 18.2. The maximum atomic E-state index is 13.3. The highest BCUT2D eigenvalue weighted by Gasteiger charge is 2.59. The lowest BCUT2D eigenvalue weighted by atomic mass is 9.98. The van der Waals surface area contributed by atoms with Crippen LogP contribution in [0.2, 0.25) is 0 Å². The van der Waals surface area contributed by atoms with Crippen LogP contribution in [0.15, 0.2) is 30.3 Å². The Hall–Kier alpha value is -2.34. The van der Waals surface area contributed by atoms with Gasteiger partial charge in [0.1, 0.15) is 18.8 Å². The molecule has 0 bridgehead atoms. The molecule has 3 rings (SSSR count). The van der Waals surface area contributed by atoms with E-state index < -0.39 is 64.3 Å². The minimum atomic E-state index is -1.67. The van der Waals surface area contributed by atoms with Crippen molar-refractivity contribution in [3.8, 4) is 0 Å². The second-order valence-corrected chi connectivity index (χ2v) is 8.94. The number of carbonyl (C=O) groups is 3. The Morgan fingerprint density at radius 3 is 2.22 bits per heavy atom. The Bertz CT molecular complexity index is 875. The average Bonchev–Trinajstić information content (AvgIpc) is 2.74. The monoisotopic (exact) mass is 470 g/mol. The number of esters is 3. The summed E-state index contributed by atoms with van der Waals surface area (Å²) in [6.45, 7) is 3.30. The molecule has 32 heavy (non-hydrogen) atoms. The molecule has 2 fully saturated rings. The molecule has 0 aliphatic carbocycles. The van der Waals surface area contributed by atoms with Gasteiger partial charge in [-0.15, -0.1) is 0 Å². The van der Waals surface area contributed by atoms with Crippen molar-refractivity contribution in [3.63, 3.8) is 0 Å². The lowest BCUT2D eigenvalue weighted by Crippen LogP contribution is -2.67. The third-order valence-corrected chi connectivity index (χ3v) is 6.67. The fraction of sp³-hybridized carbons (Fsp3) is 0.571. The molecule has 0 spiro atoms. The SMILES string of the molecule is CO[C@]1(c2ccccc2)C[S@@](=O)[C@@H]2O[C@H](COC(C)=O)[C@@H](OC(C)=O)[C@H](OC(C)=O)[C@H]2O1. The highest BCUT2D eigenvalue weighted by Crippen LogP contribution is 2.41. The number of benzene rings is 1. The number of methoxy groups -OCH3 is 1. The van der Waals surface area contributed by atoms with E-state index in [2.05, 4.69) is 0 Å². The van der Waals surface area contributed by atoms with Crippen LogP contribution in [0.1, 0.15) is 26.3 Å². The fourth-order valence-corrected chi connectivity index (χ4v) is 5.47. The van der Waals surface area contributed by atoms with Gasteiger partial charge in [0.15, 0.2) is 17.6 Å².